The lowest BCUT2D eigenvalue weighted by molar-refractivity contribution is -0.674. The number of imidazole rings is 1. The van der Waals surface area contributed by atoms with Crippen LogP contribution < -0.4 is 4.57 Å². The molecule has 1 aromatic heterocycles. The summed E-state index contributed by atoms with van der Waals surface area (Å²) in [5.74, 6) is 0. The largest absolute Gasteiger partial charge is 0.402 e. The van der Waals surface area contributed by atoms with Gasteiger partial charge in [0.2, 0.25) is 0 Å². The van der Waals surface area contributed by atoms with Crippen LogP contribution >= 0.6 is 0 Å². The molecule has 0 saturated heterocycles. The average Bonchev–Trinajstić information content (AvgIpc) is 1.87. The summed E-state index contributed by atoms with van der Waals surface area (Å²) in [6.07, 6.45) is 6.77. The molecule has 1 rings (SSSR count). The summed E-state index contributed by atoms with van der Waals surface area (Å²) < 4.78 is 3.82. The zero-order valence-electron chi connectivity index (χ0n) is 4.55. The SMILES string of the molecule is Cn1c[c-][n+](C)c1. The molecule has 0 aromatic carbocycles. The van der Waals surface area contributed by atoms with Gasteiger partial charge in [-0.15, -0.1) is 0 Å². The van der Waals surface area contributed by atoms with E-state index in [2.05, 4.69) is 6.20 Å². The van der Waals surface area contributed by atoms with Gasteiger partial charge in [-0.25, -0.2) is 0 Å². The van der Waals surface area contributed by atoms with Gasteiger partial charge in [0.25, 0.3) is 0 Å². The lowest BCUT2D eigenvalue weighted by atomic mass is 10.9. The molecule has 0 bridgehead atoms. The van der Waals surface area contributed by atoms with E-state index < -0.39 is 0 Å². The number of aromatic nitrogens is 2. The van der Waals surface area contributed by atoms with Gasteiger partial charge in [-0.3, -0.25) is 0 Å². The van der Waals surface area contributed by atoms with Gasteiger partial charge in [-0.1, -0.05) is 0 Å². The van der Waals surface area contributed by atoms with Crippen LogP contribution in [0, 0.1) is 6.20 Å². The molecule has 0 amide bonds. The quantitative estimate of drug-likeness (QED) is 0.308. The second-order valence-corrected chi connectivity index (χ2v) is 1.65. The molecule has 0 aliphatic rings. The maximum Gasteiger partial charge on any atom is 0.0956 e. The van der Waals surface area contributed by atoms with Crippen molar-refractivity contribution in [1.29, 1.82) is 0 Å². The minimum atomic E-state index is 1.88. The van der Waals surface area contributed by atoms with Gasteiger partial charge in [0.05, 0.1) is 13.4 Å². The van der Waals surface area contributed by atoms with Crippen LogP contribution in [0.1, 0.15) is 0 Å². The van der Waals surface area contributed by atoms with Gasteiger partial charge in [0, 0.05) is 13.2 Å². The van der Waals surface area contributed by atoms with Crippen molar-refractivity contribution in [3.05, 3.63) is 18.7 Å². The van der Waals surface area contributed by atoms with E-state index in [0.29, 0.717) is 0 Å². The third-order valence-electron chi connectivity index (χ3n) is 0.820. The molecule has 1 aromatic rings. The van der Waals surface area contributed by atoms with Crippen molar-refractivity contribution in [3.8, 4) is 0 Å². The summed E-state index contributed by atoms with van der Waals surface area (Å²) in [7, 11) is 3.91. The Bertz CT molecular complexity index is 138. The number of hydrogen-bond donors (Lipinski definition) is 0. The predicted octanol–water partition coefficient (Wildman–Crippen LogP) is -0.350. The second kappa shape index (κ2) is 1.37. The van der Waals surface area contributed by atoms with Crippen molar-refractivity contribution in [3.63, 3.8) is 0 Å². The Labute approximate surface area is 43.0 Å². The van der Waals surface area contributed by atoms with Crippen molar-refractivity contribution in [2.45, 2.75) is 0 Å². The van der Waals surface area contributed by atoms with Gasteiger partial charge in [0.15, 0.2) is 0 Å². The Morgan fingerprint density at radius 1 is 1.71 bits per heavy atom. The normalized spacial score (nSPS) is 9.43. The predicted molar refractivity (Wildman–Crippen MR) is 25.4 cm³/mol. The third kappa shape index (κ3) is 0.796. The van der Waals surface area contributed by atoms with Crippen LogP contribution in [0.25, 0.3) is 0 Å². The molecule has 0 radical (unpaired) electrons. The lowest BCUT2D eigenvalue weighted by Gasteiger charge is -1.84. The van der Waals surface area contributed by atoms with E-state index in [1.807, 2.05) is 35.8 Å². The molecule has 0 spiro atoms. The van der Waals surface area contributed by atoms with Gasteiger partial charge in [-0.05, 0) is 6.20 Å². The summed E-state index contributed by atoms with van der Waals surface area (Å²) in [4.78, 5) is 0. The summed E-state index contributed by atoms with van der Waals surface area (Å²) in [5, 5.41) is 0. The Morgan fingerprint density at radius 2 is 2.43 bits per heavy atom. The van der Waals surface area contributed by atoms with Crippen LogP contribution in [0.2, 0.25) is 0 Å². The van der Waals surface area contributed by atoms with E-state index in [1.54, 1.807) is 0 Å². The van der Waals surface area contributed by atoms with E-state index in [0.717, 1.165) is 0 Å². The zero-order valence-corrected chi connectivity index (χ0v) is 4.55. The number of aryl methyl sites for hydroxylation is 2. The van der Waals surface area contributed by atoms with Crippen LogP contribution in [0.15, 0.2) is 12.5 Å². The first-order chi connectivity index (χ1) is 3.29. The first-order valence-electron chi connectivity index (χ1n) is 2.18. The van der Waals surface area contributed by atoms with E-state index >= 15 is 0 Å². The van der Waals surface area contributed by atoms with Gasteiger partial charge in [0.1, 0.15) is 0 Å². The molecule has 38 valence electrons. The van der Waals surface area contributed by atoms with Crippen LogP contribution in [0.3, 0.4) is 0 Å². The molecule has 0 N–H and O–H groups in total. The van der Waals surface area contributed by atoms with E-state index in [-0.39, 0.29) is 0 Å². The molecular weight excluding hydrogens is 88.1 g/mol. The molecule has 0 aliphatic heterocycles. The fourth-order valence-corrected chi connectivity index (χ4v) is 0.522. The van der Waals surface area contributed by atoms with Crippen molar-refractivity contribution in [2.24, 2.45) is 14.1 Å². The fourth-order valence-electron chi connectivity index (χ4n) is 0.522. The molecule has 2 heteroatoms. The second-order valence-electron chi connectivity index (χ2n) is 1.65. The summed E-state index contributed by atoms with van der Waals surface area (Å²) in [6.45, 7) is 0. The molecule has 0 atom stereocenters. The van der Waals surface area contributed by atoms with E-state index in [4.69, 9.17) is 0 Å². The molecule has 1 heterocycles. The van der Waals surface area contributed by atoms with Crippen molar-refractivity contribution in [2.75, 3.05) is 0 Å². The average molecular weight is 96.1 g/mol. The Morgan fingerprint density at radius 3 is 2.57 bits per heavy atom. The van der Waals surface area contributed by atoms with Crippen LogP contribution in [0.4, 0.5) is 0 Å². The van der Waals surface area contributed by atoms with Crippen LogP contribution in [-0.2, 0) is 14.1 Å². The molecule has 2 nitrogen and oxygen atoms in total. The molecule has 0 saturated carbocycles. The van der Waals surface area contributed by atoms with Crippen LogP contribution in [0.5, 0.6) is 0 Å². The smallest absolute Gasteiger partial charge is 0.0956 e. The molecular formula is C5H8N2. The molecule has 7 heavy (non-hydrogen) atoms. The first kappa shape index (κ1) is 4.37. The highest BCUT2D eigenvalue weighted by Gasteiger charge is 1.75. The molecule has 0 unspecified atom stereocenters. The molecule has 0 fully saturated rings. The Hall–Kier alpha value is -0.790. The summed E-state index contributed by atoms with van der Waals surface area (Å²) >= 11 is 0. The highest BCUT2D eigenvalue weighted by Crippen LogP contribution is 1.69. The lowest BCUT2D eigenvalue weighted by Crippen LogP contribution is -2.24. The first-order valence-corrected chi connectivity index (χ1v) is 2.18. The zero-order chi connectivity index (χ0) is 5.28. The molecule has 0 aliphatic carbocycles. The standard InChI is InChI=1S/C5H8N2/c1-6-3-4-7(2)5-6/h3,5H,1-2H3. The maximum absolute atomic E-state index is 2.95. The fraction of sp³-hybridized carbons (Fsp3) is 0.400. The number of nitrogens with zero attached hydrogens (tertiary/aromatic N) is 2. The minimum absolute atomic E-state index is 1.88. The highest BCUT2D eigenvalue weighted by atomic mass is 15.1. The van der Waals surface area contributed by atoms with Crippen molar-refractivity contribution in [1.82, 2.24) is 4.57 Å². The Balaban J connectivity index is 3.04. The Kier molecular flexibility index (Phi) is 0.855. The van der Waals surface area contributed by atoms with E-state index in [9.17, 15) is 0 Å². The highest BCUT2D eigenvalue weighted by molar-refractivity contribution is 4.58. The van der Waals surface area contributed by atoms with Crippen molar-refractivity contribution >= 4 is 0 Å². The maximum atomic E-state index is 2.95. The number of rotatable bonds is 0. The number of hydrogen-bond acceptors (Lipinski definition) is 0. The third-order valence-corrected chi connectivity index (χ3v) is 0.820. The summed E-state index contributed by atoms with van der Waals surface area (Å²) in [5.41, 5.74) is 0. The summed E-state index contributed by atoms with van der Waals surface area (Å²) in [6, 6.07) is 0. The monoisotopic (exact) mass is 96.1 g/mol. The van der Waals surface area contributed by atoms with Crippen LogP contribution in [-0.4, -0.2) is 4.57 Å². The van der Waals surface area contributed by atoms with Gasteiger partial charge in [-0.2, -0.15) is 0 Å². The van der Waals surface area contributed by atoms with E-state index in [1.165, 1.54) is 0 Å². The van der Waals surface area contributed by atoms with Gasteiger partial charge >= 0.3 is 0 Å². The van der Waals surface area contributed by atoms with Gasteiger partial charge < -0.3 is 9.13 Å². The minimum Gasteiger partial charge on any atom is -0.402 e. The van der Waals surface area contributed by atoms with Crippen molar-refractivity contribution < 1.29 is 4.57 Å². The topological polar surface area (TPSA) is 8.81 Å².